The third-order valence-corrected chi connectivity index (χ3v) is 5.08. The molecule has 1 aromatic carbocycles. The normalized spacial score (nSPS) is 23.3. The molecule has 1 aromatic rings. The van der Waals surface area contributed by atoms with Gasteiger partial charge in [0, 0.05) is 31.2 Å². The van der Waals surface area contributed by atoms with Gasteiger partial charge < -0.3 is 5.32 Å². The second kappa shape index (κ2) is 6.69. The summed E-state index contributed by atoms with van der Waals surface area (Å²) in [5, 5.41) is 14.2. The first kappa shape index (κ1) is 17.8. The molecule has 2 rings (SSSR count). The van der Waals surface area contributed by atoms with Crippen LogP contribution in [-0.4, -0.2) is 42.8 Å². The standard InChI is InChI=1S/C12H17N3O4S.ClH/c1-9-7-14(8-10(2)13-9)20(18,19)12-6-4-3-5-11(12)15(16)17;/h3-6,9-10,13H,7-8H2,1-2H3;1H. The molecular formula is C12H18ClN3O4S. The van der Waals surface area contributed by atoms with E-state index in [1.807, 2.05) is 13.8 Å². The number of nitro groups is 1. The van der Waals surface area contributed by atoms with Gasteiger partial charge in [0.15, 0.2) is 4.90 Å². The molecule has 0 bridgehead atoms. The summed E-state index contributed by atoms with van der Waals surface area (Å²) < 4.78 is 26.5. The maximum atomic E-state index is 12.6. The molecule has 2 atom stereocenters. The number of hydrogen-bond donors (Lipinski definition) is 1. The van der Waals surface area contributed by atoms with Crippen molar-refractivity contribution < 1.29 is 13.3 Å². The van der Waals surface area contributed by atoms with Crippen LogP contribution in [0.25, 0.3) is 0 Å². The minimum atomic E-state index is -3.85. The van der Waals surface area contributed by atoms with E-state index in [2.05, 4.69) is 5.32 Å². The Morgan fingerprint density at radius 2 is 1.76 bits per heavy atom. The van der Waals surface area contributed by atoms with Gasteiger partial charge in [0.2, 0.25) is 10.0 Å². The van der Waals surface area contributed by atoms with Crippen molar-refractivity contribution in [1.29, 1.82) is 0 Å². The fraction of sp³-hybridized carbons (Fsp3) is 0.500. The molecule has 2 unspecified atom stereocenters. The molecule has 0 aromatic heterocycles. The molecule has 1 saturated heterocycles. The molecule has 1 aliphatic rings. The molecule has 7 nitrogen and oxygen atoms in total. The van der Waals surface area contributed by atoms with E-state index in [0.717, 1.165) is 0 Å². The molecule has 118 valence electrons. The molecule has 1 fully saturated rings. The van der Waals surface area contributed by atoms with Crippen LogP contribution in [0.2, 0.25) is 0 Å². The number of benzene rings is 1. The number of nitro benzene ring substituents is 1. The molecule has 1 N–H and O–H groups in total. The van der Waals surface area contributed by atoms with E-state index >= 15 is 0 Å². The van der Waals surface area contributed by atoms with Crippen molar-refractivity contribution in [3.05, 3.63) is 34.4 Å². The second-order valence-corrected chi connectivity index (χ2v) is 6.92. The molecular weight excluding hydrogens is 318 g/mol. The Bertz CT molecular complexity index is 613. The van der Waals surface area contributed by atoms with Crippen LogP contribution in [-0.2, 0) is 10.0 Å². The van der Waals surface area contributed by atoms with Gasteiger partial charge in [-0.2, -0.15) is 4.31 Å². The fourth-order valence-corrected chi connectivity index (χ4v) is 4.21. The van der Waals surface area contributed by atoms with Gasteiger partial charge >= 0.3 is 0 Å². The SMILES string of the molecule is CC1CN(S(=O)(=O)c2ccccc2[N+](=O)[O-])CC(C)N1.Cl. The molecule has 1 heterocycles. The van der Waals surface area contributed by atoms with E-state index in [0.29, 0.717) is 13.1 Å². The van der Waals surface area contributed by atoms with Gasteiger partial charge in [-0.3, -0.25) is 10.1 Å². The highest BCUT2D eigenvalue weighted by molar-refractivity contribution is 7.89. The zero-order chi connectivity index (χ0) is 14.9. The van der Waals surface area contributed by atoms with Crippen molar-refractivity contribution in [1.82, 2.24) is 9.62 Å². The zero-order valence-corrected chi connectivity index (χ0v) is 13.4. The van der Waals surface area contributed by atoms with Crippen LogP contribution in [0.1, 0.15) is 13.8 Å². The predicted molar refractivity (Wildman–Crippen MR) is 81.2 cm³/mol. The van der Waals surface area contributed by atoms with E-state index in [-0.39, 0.29) is 35.1 Å². The first-order valence-electron chi connectivity index (χ1n) is 6.32. The molecule has 0 radical (unpaired) electrons. The van der Waals surface area contributed by atoms with Gasteiger partial charge in [-0.15, -0.1) is 12.4 Å². The summed E-state index contributed by atoms with van der Waals surface area (Å²) in [6, 6.07) is 5.47. The van der Waals surface area contributed by atoms with Crippen LogP contribution in [0.5, 0.6) is 0 Å². The smallest absolute Gasteiger partial charge is 0.289 e. The van der Waals surface area contributed by atoms with E-state index in [1.165, 1.54) is 28.6 Å². The minimum Gasteiger partial charge on any atom is -0.309 e. The number of halogens is 1. The Labute approximate surface area is 129 Å². The molecule has 1 aliphatic heterocycles. The van der Waals surface area contributed by atoms with Gasteiger partial charge in [0.1, 0.15) is 0 Å². The second-order valence-electron chi connectivity index (χ2n) is 5.02. The van der Waals surface area contributed by atoms with Gasteiger partial charge in [-0.1, -0.05) is 12.1 Å². The van der Waals surface area contributed by atoms with E-state index in [4.69, 9.17) is 0 Å². The number of rotatable bonds is 3. The highest BCUT2D eigenvalue weighted by atomic mass is 35.5. The summed E-state index contributed by atoms with van der Waals surface area (Å²) in [7, 11) is -3.85. The van der Waals surface area contributed by atoms with Crippen molar-refractivity contribution in [2.75, 3.05) is 13.1 Å². The van der Waals surface area contributed by atoms with Crippen molar-refractivity contribution in [2.24, 2.45) is 0 Å². The molecule has 0 spiro atoms. The molecule has 0 saturated carbocycles. The maximum Gasteiger partial charge on any atom is 0.289 e. The lowest BCUT2D eigenvalue weighted by atomic mass is 10.2. The lowest BCUT2D eigenvalue weighted by Crippen LogP contribution is -2.55. The molecule has 0 amide bonds. The largest absolute Gasteiger partial charge is 0.309 e. The molecule has 0 aliphatic carbocycles. The Morgan fingerprint density at radius 3 is 2.29 bits per heavy atom. The van der Waals surface area contributed by atoms with Crippen LogP contribution in [0.4, 0.5) is 5.69 Å². The molecule has 21 heavy (non-hydrogen) atoms. The number of nitrogens with zero attached hydrogens (tertiary/aromatic N) is 2. The number of piperazine rings is 1. The highest BCUT2D eigenvalue weighted by Crippen LogP contribution is 2.27. The third-order valence-electron chi connectivity index (χ3n) is 3.20. The number of nitrogens with one attached hydrogen (secondary N) is 1. The zero-order valence-electron chi connectivity index (χ0n) is 11.7. The third kappa shape index (κ3) is 3.70. The first-order valence-corrected chi connectivity index (χ1v) is 7.76. The monoisotopic (exact) mass is 335 g/mol. The average Bonchev–Trinajstić information content (AvgIpc) is 2.37. The first-order chi connectivity index (χ1) is 9.32. The summed E-state index contributed by atoms with van der Waals surface area (Å²) in [4.78, 5) is 10.1. The van der Waals surface area contributed by atoms with Crippen LogP contribution < -0.4 is 5.32 Å². The van der Waals surface area contributed by atoms with E-state index in [9.17, 15) is 18.5 Å². The number of para-hydroxylation sites is 1. The summed E-state index contributed by atoms with van der Waals surface area (Å²) in [5.74, 6) is 0. The summed E-state index contributed by atoms with van der Waals surface area (Å²) >= 11 is 0. The minimum absolute atomic E-state index is 0. The number of hydrogen-bond acceptors (Lipinski definition) is 5. The lowest BCUT2D eigenvalue weighted by molar-refractivity contribution is -0.387. The topological polar surface area (TPSA) is 92.5 Å². The fourth-order valence-electron chi connectivity index (χ4n) is 2.44. The van der Waals surface area contributed by atoms with Crippen molar-refractivity contribution in [2.45, 2.75) is 30.8 Å². The van der Waals surface area contributed by atoms with Crippen LogP contribution in [0, 0.1) is 10.1 Å². The van der Waals surface area contributed by atoms with Crippen molar-refractivity contribution in [3.63, 3.8) is 0 Å². The van der Waals surface area contributed by atoms with Crippen molar-refractivity contribution in [3.8, 4) is 0 Å². The predicted octanol–water partition coefficient (Wildman–Crippen LogP) is 1.39. The summed E-state index contributed by atoms with van der Waals surface area (Å²) in [6.07, 6.45) is 0. The number of sulfonamides is 1. The Hall–Kier alpha value is -1.22. The molecule has 9 heteroatoms. The Balaban J connectivity index is 0.00000220. The van der Waals surface area contributed by atoms with Crippen LogP contribution in [0.15, 0.2) is 29.2 Å². The van der Waals surface area contributed by atoms with Crippen LogP contribution >= 0.6 is 12.4 Å². The average molecular weight is 336 g/mol. The van der Waals surface area contributed by atoms with Gasteiger partial charge in [0.05, 0.1) is 4.92 Å². The van der Waals surface area contributed by atoms with Gasteiger partial charge in [0.25, 0.3) is 5.69 Å². The van der Waals surface area contributed by atoms with Crippen LogP contribution in [0.3, 0.4) is 0 Å². The quantitative estimate of drug-likeness (QED) is 0.665. The van der Waals surface area contributed by atoms with E-state index < -0.39 is 14.9 Å². The Kier molecular flexibility index (Phi) is 5.68. The summed E-state index contributed by atoms with van der Waals surface area (Å²) in [5.41, 5.74) is -0.383. The highest BCUT2D eigenvalue weighted by Gasteiger charge is 2.35. The van der Waals surface area contributed by atoms with Crippen molar-refractivity contribution >= 4 is 28.1 Å². The van der Waals surface area contributed by atoms with E-state index in [1.54, 1.807) is 0 Å². The lowest BCUT2D eigenvalue weighted by Gasteiger charge is -2.35. The van der Waals surface area contributed by atoms with Gasteiger partial charge in [-0.25, -0.2) is 8.42 Å². The maximum absolute atomic E-state index is 12.6. The Morgan fingerprint density at radius 1 is 1.24 bits per heavy atom. The van der Waals surface area contributed by atoms with Gasteiger partial charge in [-0.05, 0) is 19.9 Å². The summed E-state index contributed by atoms with van der Waals surface area (Å²) in [6.45, 7) is 4.38.